The number of nitrogens with zero attached hydrogens (tertiary/aromatic N) is 2. The van der Waals surface area contributed by atoms with Gasteiger partial charge in [0.1, 0.15) is 5.82 Å². The summed E-state index contributed by atoms with van der Waals surface area (Å²) in [6.45, 7) is 2.34. The summed E-state index contributed by atoms with van der Waals surface area (Å²) in [5.41, 5.74) is 5.60. The van der Waals surface area contributed by atoms with E-state index < -0.39 is 5.82 Å². The van der Waals surface area contributed by atoms with E-state index in [1.165, 1.54) is 28.5 Å². The van der Waals surface area contributed by atoms with Gasteiger partial charge in [0.05, 0.1) is 0 Å². The molecule has 0 aliphatic carbocycles. The molecule has 1 aromatic carbocycles. The second-order valence-corrected chi connectivity index (χ2v) is 4.42. The lowest BCUT2D eigenvalue weighted by atomic mass is 10.3. The van der Waals surface area contributed by atoms with Crippen molar-refractivity contribution in [3.63, 3.8) is 0 Å². The van der Waals surface area contributed by atoms with Gasteiger partial charge in [0.15, 0.2) is 5.16 Å². The summed E-state index contributed by atoms with van der Waals surface area (Å²) in [6.07, 6.45) is 0. The van der Waals surface area contributed by atoms with Crippen molar-refractivity contribution in [3.05, 3.63) is 34.5 Å². The molecule has 5 nitrogen and oxygen atoms in total. The molecule has 1 heterocycles. The summed E-state index contributed by atoms with van der Waals surface area (Å²) in [6, 6.07) is 4.22. The summed E-state index contributed by atoms with van der Waals surface area (Å²) >= 11 is 1.19. The van der Waals surface area contributed by atoms with Crippen molar-refractivity contribution in [2.45, 2.75) is 23.5 Å². The second-order valence-electron chi connectivity index (χ2n) is 3.38. The maximum absolute atomic E-state index is 13.1. The molecule has 0 saturated heterocycles. The minimum absolute atomic E-state index is 0.278. The number of nitrogens with two attached hydrogens (primary N) is 1. The van der Waals surface area contributed by atoms with E-state index in [0.717, 1.165) is 0 Å². The predicted molar refractivity (Wildman–Crippen MR) is 63.5 cm³/mol. The first-order valence-electron chi connectivity index (χ1n) is 4.99. The van der Waals surface area contributed by atoms with Crippen molar-refractivity contribution >= 4 is 17.4 Å². The molecule has 7 heteroatoms. The van der Waals surface area contributed by atoms with E-state index in [0.29, 0.717) is 22.3 Å². The van der Waals surface area contributed by atoms with Crippen molar-refractivity contribution in [1.82, 2.24) is 14.8 Å². The maximum atomic E-state index is 13.1. The van der Waals surface area contributed by atoms with Crippen LogP contribution in [0.2, 0.25) is 0 Å². The minimum atomic E-state index is -0.409. The van der Waals surface area contributed by atoms with E-state index >= 15 is 0 Å². The summed E-state index contributed by atoms with van der Waals surface area (Å²) in [7, 11) is 0. The van der Waals surface area contributed by atoms with Crippen molar-refractivity contribution in [3.8, 4) is 0 Å². The second kappa shape index (κ2) is 4.62. The number of nitrogen functional groups attached to an aromatic ring is 1. The third-order valence-corrected chi connectivity index (χ3v) is 3.11. The molecule has 0 aliphatic heterocycles. The molecular formula is C10H11FN4OS. The Balaban J connectivity index is 2.34. The first kappa shape index (κ1) is 11.7. The van der Waals surface area contributed by atoms with Crippen LogP contribution in [-0.2, 0) is 6.54 Å². The molecule has 90 valence electrons. The number of nitrogens with one attached hydrogen (secondary N) is 1. The van der Waals surface area contributed by atoms with Crippen LogP contribution in [0.3, 0.4) is 0 Å². The van der Waals surface area contributed by atoms with Gasteiger partial charge < -0.3 is 5.73 Å². The van der Waals surface area contributed by atoms with Crippen LogP contribution < -0.4 is 11.4 Å². The zero-order valence-corrected chi connectivity index (χ0v) is 9.92. The molecule has 1 aromatic heterocycles. The zero-order valence-electron chi connectivity index (χ0n) is 9.11. The Kier molecular flexibility index (Phi) is 3.19. The number of anilines is 1. The Hall–Kier alpha value is -1.76. The normalized spacial score (nSPS) is 10.7. The summed E-state index contributed by atoms with van der Waals surface area (Å²) in [4.78, 5) is 11.9. The molecule has 0 unspecified atom stereocenters. The van der Waals surface area contributed by atoms with Crippen molar-refractivity contribution < 1.29 is 4.39 Å². The minimum Gasteiger partial charge on any atom is -0.399 e. The lowest BCUT2D eigenvalue weighted by molar-refractivity contribution is 0.624. The molecule has 3 N–H and O–H groups in total. The van der Waals surface area contributed by atoms with Gasteiger partial charge in [-0.2, -0.15) is 0 Å². The van der Waals surface area contributed by atoms with Gasteiger partial charge in [-0.05, 0) is 36.9 Å². The molecule has 0 atom stereocenters. The van der Waals surface area contributed by atoms with E-state index in [1.807, 2.05) is 6.92 Å². The van der Waals surface area contributed by atoms with Crippen LogP contribution in [0.25, 0.3) is 0 Å². The highest BCUT2D eigenvalue weighted by Crippen LogP contribution is 2.27. The number of halogens is 1. The van der Waals surface area contributed by atoms with Gasteiger partial charge in [0.25, 0.3) is 0 Å². The summed E-state index contributed by atoms with van der Waals surface area (Å²) in [5.74, 6) is -0.409. The summed E-state index contributed by atoms with van der Waals surface area (Å²) in [5, 5.41) is 6.70. The fourth-order valence-electron chi connectivity index (χ4n) is 1.41. The highest BCUT2D eigenvalue weighted by Gasteiger charge is 2.09. The van der Waals surface area contributed by atoms with E-state index in [1.54, 1.807) is 6.07 Å². The SMILES string of the molecule is CCn1c(Sc2cc(N)cc(F)c2)n[nH]c1=O. The van der Waals surface area contributed by atoms with Gasteiger partial charge in [-0.3, -0.25) is 4.57 Å². The Labute approximate surface area is 101 Å². The standard InChI is InChI=1S/C10H11FN4OS/c1-2-15-9(16)13-14-10(15)17-8-4-6(11)3-7(12)5-8/h3-5H,2,12H2,1H3,(H,13,16). The lowest BCUT2D eigenvalue weighted by Gasteiger charge is -2.03. The van der Waals surface area contributed by atoms with Gasteiger partial charge in [-0.25, -0.2) is 14.3 Å². The van der Waals surface area contributed by atoms with E-state index in [4.69, 9.17) is 5.73 Å². The highest BCUT2D eigenvalue weighted by molar-refractivity contribution is 7.99. The van der Waals surface area contributed by atoms with Gasteiger partial charge in [-0.15, -0.1) is 5.10 Å². The van der Waals surface area contributed by atoms with Crippen LogP contribution in [0.4, 0.5) is 10.1 Å². The average molecular weight is 254 g/mol. The van der Waals surface area contributed by atoms with Crippen LogP contribution in [0.1, 0.15) is 6.92 Å². The Morgan fingerprint density at radius 2 is 2.29 bits per heavy atom. The summed E-state index contributed by atoms with van der Waals surface area (Å²) < 4.78 is 14.6. The largest absolute Gasteiger partial charge is 0.399 e. The Morgan fingerprint density at radius 3 is 2.94 bits per heavy atom. The molecule has 0 saturated carbocycles. The molecule has 0 fully saturated rings. The Bertz CT molecular complexity index is 572. The maximum Gasteiger partial charge on any atom is 0.343 e. The molecular weight excluding hydrogens is 243 g/mol. The predicted octanol–water partition coefficient (Wildman–Crippen LogP) is 1.46. The number of aromatic amines is 1. The van der Waals surface area contributed by atoms with Gasteiger partial charge in [0, 0.05) is 17.1 Å². The van der Waals surface area contributed by atoms with Crippen LogP contribution in [0.5, 0.6) is 0 Å². The van der Waals surface area contributed by atoms with E-state index in [-0.39, 0.29) is 5.69 Å². The van der Waals surface area contributed by atoms with Gasteiger partial charge in [0.2, 0.25) is 0 Å². The number of rotatable bonds is 3. The highest BCUT2D eigenvalue weighted by atomic mass is 32.2. The van der Waals surface area contributed by atoms with Gasteiger partial charge >= 0.3 is 5.69 Å². The van der Waals surface area contributed by atoms with Crippen LogP contribution in [-0.4, -0.2) is 14.8 Å². The molecule has 0 spiro atoms. The third-order valence-electron chi connectivity index (χ3n) is 2.14. The van der Waals surface area contributed by atoms with Crippen molar-refractivity contribution in [2.75, 3.05) is 5.73 Å². The van der Waals surface area contributed by atoms with Crippen LogP contribution in [0.15, 0.2) is 33.0 Å². The lowest BCUT2D eigenvalue weighted by Crippen LogP contribution is -2.15. The number of aromatic nitrogens is 3. The van der Waals surface area contributed by atoms with Crippen molar-refractivity contribution in [1.29, 1.82) is 0 Å². The quantitative estimate of drug-likeness (QED) is 0.813. The fourth-order valence-corrected chi connectivity index (χ4v) is 2.40. The number of hydrogen-bond acceptors (Lipinski definition) is 4. The average Bonchev–Trinajstić information content (AvgIpc) is 2.57. The number of H-pyrrole nitrogens is 1. The Morgan fingerprint density at radius 1 is 1.53 bits per heavy atom. The molecule has 0 aliphatic rings. The first-order chi connectivity index (χ1) is 8.10. The third kappa shape index (κ3) is 2.50. The molecule has 0 amide bonds. The zero-order chi connectivity index (χ0) is 12.4. The first-order valence-corrected chi connectivity index (χ1v) is 5.81. The molecule has 17 heavy (non-hydrogen) atoms. The molecule has 0 radical (unpaired) electrons. The van der Waals surface area contributed by atoms with E-state index in [9.17, 15) is 9.18 Å². The monoisotopic (exact) mass is 254 g/mol. The number of benzene rings is 1. The smallest absolute Gasteiger partial charge is 0.343 e. The number of hydrogen-bond donors (Lipinski definition) is 2. The molecule has 2 aromatic rings. The van der Waals surface area contributed by atoms with Gasteiger partial charge in [-0.1, -0.05) is 0 Å². The molecule has 0 bridgehead atoms. The van der Waals surface area contributed by atoms with Crippen molar-refractivity contribution in [2.24, 2.45) is 0 Å². The topological polar surface area (TPSA) is 76.7 Å². The molecule has 2 rings (SSSR count). The van der Waals surface area contributed by atoms with Crippen LogP contribution in [0, 0.1) is 5.82 Å². The fraction of sp³-hybridized carbons (Fsp3) is 0.200. The van der Waals surface area contributed by atoms with E-state index in [2.05, 4.69) is 10.2 Å². The van der Waals surface area contributed by atoms with Crippen LogP contribution >= 0.6 is 11.8 Å².